The van der Waals surface area contributed by atoms with E-state index in [0.717, 1.165) is 31.0 Å². The summed E-state index contributed by atoms with van der Waals surface area (Å²) in [6, 6.07) is 6.57. The highest BCUT2D eigenvalue weighted by Crippen LogP contribution is 2.34. The average molecular weight is 295 g/mol. The van der Waals surface area contributed by atoms with Crippen molar-refractivity contribution in [1.82, 2.24) is 5.32 Å². The van der Waals surface area contributed by atoms with Gasteiger partial charge in [0.2, 0.25) is 0 Å². The van der Waals surface area contributed by atoms with E-state index < -0.39 is 5.60 Å². The number of ether oxygens (including phenoxy) is 1. The van der Waals surface area contributed by atoms with Crippen LogP contribution in [0.1, 0.15) is 36.9 Å². The molecule has 2 rings (SSSR count). The van der Waals surface area contributed by atoms with E-state index in [1.807, 2.05) is 13.2 Å². The smallest absolute Gasteiger partial charge is 0.126 e. The van der Waals surface area contributed by atoms with Crippen LogP contribution in [0.3, 0.4) is 0 Å². The standard InChI is InChI=1S/C16H25NO2S/c1-12-6-4-7-13-14(8-5-9-19-15(12)13)17-10-16(2,18)11-20-3/h4,6-7,14,17-18H,5,8-11H2,1-3H3. The molecule has 0 bridgehead atoms. The minimum atomic E-state index is -0.670. The molecule has 2 atom stereocenters. The number of fused-ring (bicyclic) bond motifs is 1. The van der Waals surface area contributed by atoms with Gasteiger partial charge in [-0.25, -0.2) is 0 Å². The van der Waals surface area contributed by atoms with Gasteiger partial charge in [-0.2, -0.15) is 11.8 Å². The molecule has 20 heavy (non-hydrogen) atoms. The van der Waals surface area contributed by atoms with Gasteiger partial charge >= 0.3 is 0 Å². The number of hydrogen-bond donors (Lipinski definition) is 2. The van der Waals surface area contributed by atoms with Gasteiger partial charge in [0.15, 0.2) is 0 Å². The molecule has 1 aliphatic rings. The molecule has 1 aliphatic heterocycles. The highest BCUT2D eigenvalue weighted by molar-refractivity contribution is 7.98. The Morgan fingerprint density at radius 2 is 2.30 bits per heavy atom. The van der Waals surface area contributed by atoms with Gasteiger partial charge in [0.1, 0.15) is 5.75 Å². The number of para-hydroxylation sites is 1. The Morgan fingerprint density at radius 1 is 1.50 bits per heavy atom. The van der Waals surface area contributed by atoms with Crippen molar-refractivity contribution < 1.29 is 9.84 Å². The fourth-order valence-corrected chi connectivity index (χ4v) is 3.40. The Balaban J connectivity index is 2.11. The zero-order valence-corrected chi connectivity index (χ0v) is 13.4. The molecule has 0 saturated heterocycles. The predicted octanol–water partition coefficient (Wildman–Crippen LogP) is 2.91. The number of aryl methyl sites for hydroxylation is 1. The molecule has 0 spiro atoms. The topological polar surface area (TPSA) is 41.5 Å². The Hall–Kier alpha value is -0.710. The maximum Gasteiger partial charge on any atom is 0.126 e. The Kier molecular flexibility index (Phi) is 5.35. The summed E-state index contributed by atoms with van der Waals surface area (Å²) in [5.74, 6) is 1.76. The van der Waals surface area contributed by atoms with Crippen molar-refractivity contribution in [3.8, 4) is 5.75 Å². The minimum absolute atomic E-state index is 0.265. The highest BCUT2D eigenvalue weighted by atomic mass is 32.2. The van der Waals surface area contributed by atoms with Crippen molar-refractivity contribution in [3.63, 3.8) is 0 Å². The van der Waals surface area contributed by atoms with Crippen molar-refractivity contribution in [2.75, 3.05) is 25.2 Å². The summed E-state index contributed by atoms with van der Waals surface area (Å²) in [4.78, 5) is 0. The molecule has 1 aromatic carbocycles. The molecule has 0 amide bonds. The van der Waals surface area contributed by atoms with Crippen LogP contribution in [-0.2, 0) is 0 Å². The van der Waals surface area contributed by atoms with Gasteiger partial charge < -0.3 is 15.2 Å². The molecular weight excluding hydrogens is 270 g/mol. The van der Waals surface area contributed by atoms with E-state index in [-0.39, 0.29) is 6.04 Å². The summed E-state index contributed by atoms with van der Waals surface area (Å²) in [7, 11) is 0. The second kappa shape index (κ2) is 6.83. The molecule has 0 aliphatic carbocycles. The summed E-state index contributed by atoms with van der Waals surface area (Å²) in [5.41, 5.74) is 1.74. The molecule has 0 saturated carbocycles. The summed E-state index contributed by atoms with van der Waals surface area (Å²) in [6.45, 7) is 5.36. The number of benzene rings is 1. The molecule has 1 heterocycles. The molecule has 2 unspecified atom stereocenters. The molecule has 112 valence electrons. The second-order valence-electron chi connectivity index (χ2n) is 5.85. The fourth-order valence-electron chi connectivity index (χ4n) is 2.68. The molecule has 0 radical (unpaired) electrons. The third kappa shape index (κ3) is 3.90. The quantitative estimate of drug-likeness (QED) is 0.876. The van der Waals surface area contributed by atoms with E-state index in [4.69, 9.17) is 4.74 Å². The van der Waals surface area contributed by atoms with Crippen molar-refractivity contribution in [3.05, 3.63) is 29.3 Å². The van der Waals surface area contributed by atoms with E-state index in [9.17, 15) is 5.11 Å². The summed E-state index contributed by atoms with van der Waals surface area (Å²) in [6.07, 6.45) is 4.11. The summed E-state index contributed by atoms with van der Waals surface area (Å²) >= 11 is 1.67. The van der Waals surface area contributed by atoms with Crippen LogP contribution >= 0.6 is 11.8 Å². The lowest BCUT2D eigenvalue weighted by Gasteiger charge is -2.27. The number of hydrogen-bond acceptors (Lipinski definition) is 4. The first kappa shape index (κ1) is 15.7. The largest absolute Gasteiger partial charge is 0.493 e. The normalized spacial score (nSPS) is 21.5. The van der Waals surface area contributed by atoms with Crippen LogP contribution in [0.25, 0.3) is 0 Å². The van der Waals surface area contributed by atoms with Gasteiger partial charge in [-0.3, -0.25) is 0 Å². The van der Waals surface area contributed by atoms with Crippen LogP contribution in [0.2, 0.25) is 0 Å². The van der Waals surface area contributed by atoms with E-state index in [1.54, 1.807) is 11.8 Å². The van der Waals surface area contributed by atoms with Crippen molar-refractivity contribution in [2.24, 2.45) is 0 Å². The molecule has 2 N–H and O–H groups in total. The first-order valence-corrected chi connectivity index (χ1v) is 8.60. The molecule has 1 aromatic rings. The number of nitrogens with one attached hydrogen (secondary N) is 1. The molecular formula is C16H25NO2S. The van der Waals surface area contributed by atoms with Gasteiger partial charge in [-0.1, -0.05) is 18.2 Å². The Labute approximate surface area is 126 Å². The maximum atomic E-state index is 10.3. The van der Waals surface area contributed by atoms with Crippen LogP contribution < -0.4 is 10.1 Å². The van der Waals surface area contributed by atoms with Crippen LogP contribution in [0.4, 0.5) is 0 Å². The van der Waals surface area contributed by atoms with Crippen LogP contribution in [-0.4, -0.2) is 35.9 Å². The molecule has 4 heteroatoms. The van der Waals surface area contributed by atoms with Crippen LogP contribution in [0, 0.1) is 6.92 Å². The van der Waals surface area contributed by atoms with E-state index in [2.05, 4.69) is 30.4 Å². The summed E-state index contributed by atoms with van der Waals surface area (Å²) in [5, 5.41) is 13.8. The third-order valence-corrected chi connectivity index (χ3v) is 4.60. The van der Waals surface area contributed by atoms with E-state index in [1.165, 1.54) is 11.1 Å². The third-order valence-electron chi connectivity index (χ3n) is 3.69. The first-order chi connectivity index (χ1) is 9.53. The molecule has 0 fully saturated rings. The fraction of sp³-hybridized carbons (Fsp3) is 0.625. The monoisotopic (exact) mass is 295 g/mol. The average Bonchev–Trinajstić information content (AvgIpc) is 2.60. The van der Waals surface area contributed by atoms with Gasteiger partial charge in [0.05, 0.1) is 12.2 Å². The zero-order chi connectivity index (χ0) is 14.6. The number of aliphatic hydroxyl groups is 1. The minimum Gasteiger partial charge on any atom is -0.493 e. The van der Waals surface area contributed by atoms with Gasteiger partial charge in [-0.05, 0) is 38.5 Å². The van der Waals surface area contributed by atoms with Crippen molar-refractivity contribution in [1.29, 1.82) is 0 Å². The summed E-state index contributed by atoms with van der Waals surface area (Å²) < 4.78 is 5.88. The van der Waals surface area contributed by atoms with Crippen molar-refractivity contribution in [2.45, 2.75) is 38.3 Å². The Bertz CT molecular complexity index is 448. The van der Waals surface area contributed by atoms with Crippen LogP contribution in [0.15, 0.2) is 18.2 Å². The highest BCUT2D eigenvalue weighted by Gasteiger charge is 2.25. The number of thioether (sulfide) groups is 1. The predicted molar refractivity (Wildman–Crippen MR) is 85.7 cm³/mol. The molecule has 0 aromatic heterocycles. The second-order valence-corrected chi connectivity index (χ2v) is 6.71. The van der Waals surface area contributed by atoms with E-state index >= 15 is 0 Å². The van der Waals surface area contributed by atoms with E-state index in [0.29, 0.717) is 6.54 Å². The van der Waals surface area contributed by atoms with Crippen molar-refractivity contribution >= 4 is 11.8 Å². The lowest BCUT2D eigenvalue weighted by molar-refractivity contribution is 0.0810. The Morgan fingerprint density at radius 3 is 3.05 bits per heavy atom. The number of rotatable bonds is 5. The SMILES string of the molecule is CSCC(C)(O)CNC1CCCOc2c(C)cccc21. The van der Waals surface area contributed by atoms with Gasteiger partial charge in [0, 0.05) is 23.9 Å². The lowest BCUT2D eigenvalue weighted by atomic mass is 9.99. The van der Waals surface area contributed by atoms with Crippen LogP contribution in [0.5, 0.6) is 5.75 Å². The molecule has 3 nitrogen and oxygen atoms in total. The lowest BCUT2D eigenvalue weighted by Crippen LogP contribution is -2.41. The van der Waals surface area contributed by atoms with Gasteiger partial charge in [-0.15, -0.1) is 0 Å². The first-order valence-electron chi connectivity index (χ1n) is 7.20. The maximum absolute atomic E-state index is 10.3. The zero-order valence-electron chi connectivity index (χ0n) is 12.6. The van der Waals surface area contributed by atoms with Gasteiger partial charge in [0.25, 0.3) is 0 Å².